The van der Waals surface area contributed by atoms with Crippen LogP contribution < -0.4 is 0 Å². The fourth-order valence-corrected chi connectivity index (χ4v) is 5.79. The minimum atomic E-state index is -1.29. The summed E-state index contributed by atoms with van der Waals surface area (Å²) in [4.78, 5) is 0. The van der Waals surface area contributed by atoms with Crippen LogP contribution in [-0.2, 0) is 5.41 Å². The number of benzene rings is 1. The van der Waals surface area contributed by atoms with Crippen LogP contribution in [0.5, 0.6) is 0 Å². The fraction of sp³-hybridized carbons (Fsp3) is 0.538. The zero-order valence-electron chi connectivity index (χ0n) is 10.6. The van der Waals surface area contributed by atoms with Crippen LogP contribution in [0.25, 0.3) is 0 Å². The molecule has 0 radical (unpaired) electrons. The summed E-state index contributed by atoms with van der Waals surface area (Å²) in [6.07, 6.45) is 0. The Balaban J connectivity index is 3.10. The lowest BCUT2D eigenvalue weighted by molar-refractivity contribution is 0.587. The highest BCUT2D eigenvalue weighted by atomic mass is 35.5. The van der Waals surface area contributed by atoms with Gasteiger partial charge in [-0.3, -0.25) is 0 Å². The van der Waals surface area contributed by atoms with E-state index < -0.39 is 8.07 Å². The van der Waals surface area contributed by atoms with Crippen molar-refractivity contribution < 1.29 is 4.39 Å². The third kappa shape index (κ3) is 3.97. The minimum Gasteiger partial charge on any atom is -0.207 e. The molecule has 0 aromatic heterocycles. The Kier molecular flexibility index (Phi) is 5.05. The molecule has 1 aromatic rings. The van der Waals surface area contributed by atoms with Gasteiger partial charge in [-0.15, -0.1) is 23.2 Å². The second-order valence-corrected chi connectivity index (χ2v) is 11.8. The monoisotopic (exact) mass is 292 g/mol. The molecule has 1 aromatic carbocycles. The van der Waals surface area contributed by atoms with Crippen molar-refractivity contribution in [3.63, 3.8) is 0 Å². The normalized spacial score (nSPS) is 12.8. The maximum Gasteiger partial charge on any atom is 0.123 e. The molecule has 0 atom stereocenters. The molecular weight excluding hydrogens is 274 g/mol. The second-order valence-electron chi connectivity index (χ2n) is 5.79. The van der Waals surface area contributed by atoms with Crippen molar-refractivity contribution in [2.24, 2.45) is 0 Å². The van der Waals surface area contributed by atoms with Gasteiger partial charge in [0.25, 0.3) is 0 Å². The van der Waals surface area contributed by atoms with Gasteiger partial charge in [-0.05, 0) is 23.7 Å². The van der Waals surface area contributed by atoms with Gasteiger partial charge in [-0.1, -0.05) is 31.8 Å². The van der Waals surface area contributed by atoms with E-state index in [0.717, 1.165) is 11.6 Å². The van der Waals surface area contributed by atoms with Gasteiger partial charge >= 0.3 is 0 Å². The number of rotatable bonds is 5. The minimum absolute atomic E-state index is 0.221. The standard InChI is InChI=1S/C13H19Cl2FSi/c1-17(2,3)10-13(8-14,9-15)11-4-6-12(16)7-5-11/h4-7H,8-10H2,1-3H3. The maximum atomic E-state index is 13.0. The average molecular weight is 293 g/mol. The number of hydrogen-bond acceptors (Lipinski definition) is 0. The Hall–Kier alpha value is -0.0531. The molecule has 0 aliphatic heterocycles. The van der Waals surface area contributed by atoms with Gasteiger partial charge in [0.2, 0.25) is 0 Å². The Morgan fingerprint density at radius 1 is 1.06 bits per heavy atom. The Morgan fingerprint density at radius 2 is 1.53 bits per heavy atom. The zero-order valence-corrected chi connectivity index (χ0v) is 13.1. The van der Waals surface area contributed by atoms with Crippen LogP contribution in [0.1, 0.15) is 5.56 Å². The molecular formula is C13H19Cl2FSi. The highest BCUT2D eigenvalue weighted by molar-refractivity contribution is 6.76. The summed E-state index contributed by atoms with van der Waals surface area (Å²) in [7, 11) is -1.29. The zero-order chi connectivity index (χ0) is 13.1. The van der Waals surface area contributed by atoms with Crippen LogP contribution in [0.15, 0.2) is 24.3 Å². The molecule has 0 aliphatic rings. The number of halogens is 3. The van der Waals surface area contributed by atoms with Crippen molar-refractivity contribution in [1.82, 2.24) is 0 Å². The lowest BCUT2D eigenvalue weighted by Gasteiger charge is -2.35. The molecule has 0 nitrogen and oxygen atoms in total. The molecule has 17 heavy (non-hydrogen) atoms. The lowest BCUT2D eigenvalue weighted by Crippen LogP contribution is -2.39. The van der Waals surface area contributed by atoms with Crippen molar-refractivity contribution in [3.8, 4) is 0 Å². The molecule has 0 aliphatic carbocycles. The van der Waals surface area contributed by atoms with Crippen LogP contribution in [0.2, 0.25) is 25.7 Å². The highest BCUT2D eigenvalue weighted by Crippen LogP contribution is 2.36. The fourth-order valence-electron chi connectivity index (χ4n) is 2.21. The molecule has 0 unspecified atom stereocenters. The third-order valence-electron chi connectivity index (χ3n) is 2.84. The second kappa shape index (κ2) is 5.72. The first kappa shape index (κ1) is 15.0. The topological polar surface area (TPSA) is 0 Å². The maximum absolute atomic E-state index is 13.0. The molecule has 0 heterocycles. The van der Waals surface area contributed by atoms with Gasteiger partial charge in [0, 0.05) is 25.2 Å². The van der Waals surface area contributed by atoms with Gasteiger partial charge in [-0.2, -0.15) is 0 Å². The Bertz CT molecular complexity index is 353. The van der Waals surface area contributed by atoms with Gasteiger partial charge in [-0.25, -0.2) is 4.39 Å². The smallest absolute Gasteiger partial charge is 0.123 e. The molecule has 0 bridgehead atoms. The predicted molar refractivity (Wildman–Crippen MR) is 77.7 cm³/mol. The SMILES string of the molecule is C[Si](C)(C)CC(CCl)(CCl)c1ccc(F)cc1. The first-order chi connectivity index (χ1) is 7.83. The Labute approximate surface area is 114 Å². The van der Waals surface area contributed by atoms with Crippen molar-refractivity contribution in [3.05, 3.63) is 35.6 Å². The van der Waals surface area contributed by atoms with E-state index in [1.807, 2.05) is 0 Å². The Morgan fingerprint density at radius 3 is 1.88 bits per heavy atom. The van der Waals surface area contributed by atoms with Gasteiger partial charge in [0.15, 0.2) is 0 Å². The first-order valence-electron chi connectivity index (χ1n) is 5.71. The summed E-state index contributed by atoms with van der Waals surface area (Å²) in [5.74, 6) is 0.735. The van der Waals surface area contributed by atoms with Gasteiger partial charge in [0.05, 0.1) is 0 Å². The summed E-state index contributed by atoms with van der Waals surface area (Å²) in [5, 5.41) is 0. The molecule has 4 heteroatoms. The lowest BCUT2D eigenvalue weighted by atomic mass is 9.86. The van der Waals surface area contributed by atoms with E-state index in [2.05, 4.69) is 19.6 Å². The van der Waals surface area contributed by atoms with Crippen LogP contribution >= 0.6 is 23.2 Å². The van der Waals surface area contributed by atoms with Crippen molar-refractivity contribution in [2.45, 2.75) is 31.1 Å². The van der Waals surface area contributed by atoms with E-state index in [9.17, 15) is 4.39 Å². The van der Waals surface area contributed by atoms with Crippen LogP contribution in [0.3, 0.4) is 0 Å². The molecule has 0 saturated heterocycles. The molecule has 0 saturated carbocycles. The first-order valence-corrected chi connectivity index (χ1v) is 10.5. The number of hydrogen-bond donors (Lipinski definition) is 0. The molecule has 0 fully saturated rings. The van der Waals surface area contributed by atoms with Gasteiger partial charge < -0.3 is 0 Å². The summed E-state index contributed by atoms with van der Waals surface area (Å²) in [5.41, 5.74) is 0.827. The molecule has 1 rings (SSSR count). The van der Waals surface area contributed by atoms with E-state index in [-0.39, 0.29) is 11.2 Å². The number of alkyl halides is 2. The van der Waals surface area contributed by atoms with Crippen LogP contribution in [0.4, 0.5) is 4.39 Å². The quantitative estimate of drug-likeness (QED) is 0.536. The van der Waals surface area contributed by atoms with E-state index >= 15 is 0 Å². The third-order valence-corrected chi connectivity index (χ3v) is 5.60. The van der Waals surface area contributed by atoms with Gasteiger partial charge in [0.1, 0.15) is 5.82 Å². The summed E-state index contributed by atoms with van der Waals surface area (Å²) in [6.45, 7) is 6.89. The largest absolute Gasteiger partial charge is 0.207 e. The highest BCUT2D eigenvalue weighted by Gasteiger charge is 2.35. The van der Waals surface area contributed by atoms with Crippen molar-refractivity contribution in [1.29, 1.82) is 0 Å². The molecule has 96 valence electrons. The van der Waals surface area contributed by atoms with Crippen molar-refractivity contribution >= 4 is 31.3 Å². The van der Waals surface area contributed by atoms with E-state index in [1.165, 1.54) is 12.1 Å². The van der Waals surface area contributed by atoms with E-state index in [4.69, 9.17) is 23.2 Å². The summed E-state index contributed by atoms with van der Waals surface area (Å²) < 4.78 is 13.0. The van der Waals surface area contributed by atoms with E-state index in [1.54, 1.807) is 12.1 Å². The van der Waals surface area contributed by atoms with Crippen LogP contribution in [0, 0.1) is 5.82 Å². The van der Waals surface area contributed by atoms with E-state index in [0.29, 0.717) is 11.8 Å². The molecule has 0 spiro atoms. The summed E-state index contributed by atoms with van der Waals surface area (Å²) in [6, 6.07) is 7.58. The average Bonchev–Trinajstić information content (AvgIpc) is 2.26. The predicted octanol–water partition coefficient (Wildman–Crippen LogP) is 4.88. The molecule has 0 N–H and O–H groups in total. The van der Waals surface area contributed by atoms with Crippen molar-refractivity contribution in [2.75, 3.05) is 11.8 Å². The summed E-state index contributed by atoms with van der Waals surface area (Å²) >= 11 is 12.3. The van der Waals surface area contributed by atoms with Crippen LogP contribution in [-0.4, -0.2) is 19.8 Å². The molecule has 0 amide bonds.